The minimum absolute atomic E-state index is 0.459. The third kappa shape index (κ3) is 2.43. The van der Waals surface area contributed by atoms with E-state index in [1.807, 2.05) is 6.92 Å². The predicted molar refractivity (Wildman–Crippen MR) is 56.0 cm³/mol. The van der Waals surface area contributed by atoms with Gasteiger partial charge in [0.1, 0.15) is 12.1 Å². The maximum atomic E-state index is 7.32. The second-order valence-corrected chi connectivity index (χ2v) is 3.12. The van der Waals surface area contributed by atoms with Crippen molar-refractivity contribution in [3.63, 3.8) is 0 Å². The van der Waals surface area contributed by atoms with Crippen LogP contribution in [0.4, 0.5) is 5.69 Å². The van der Waals surface area contributed by atoms with Gasteiger partial charge in [-0.25, -0.2) is 9.97 Å². The molecule has 75 valence electrons. The van der Waals surface area contributed by atoms with E-state index in [2.05, 4.69) is 9.97 Å². The molecule has 1 N–H and O–H groups in total. The number of aromatic nitrogens is 2. The van der Waals surface area contributed by atoms with E-state index in [1.165, 1.54) is 6.33 Å². The molecule has 0 saturated heterocycles. The molecule has 2 rings (SSSR count). The van der Waals surface area contributed by atoms with Crippen molar-refractivity contribution in [2.45, 2.75) is 6.92 Å². The van der Waals surface area contributed by atoms with Crippen LogP contribution in [0, 0.1) is 6.92 Å². The molecule has 2 aromatic rings. The Morgan fingerprint density at radius 1 is 1.13 bits per heavy atom. The van der Waals surface area contributed by atoms with E-state index < -0.39 is 0 Å². The van der Waals surface area contributed by atoms with Crippen LogP contribution in [0.15, 0.2) is 36.7 Å². The number of aryl methyl sites for hydroxylation is 1. The highest BCUT2D eigenvalue weighted by Crippen LogP contribution is 2.20. The highest BCUT2D eigenvalue weighted by molar-refractivity contribution is 5.39. The van der Waals surface area contributed by atoms with Crippen LogP contribution in [0.1, 0.15) is 5.69 Å². The zero-order chi connectivity index (χ0) is 10.7. The number of ether oxygens (including phenoxy) is 1. The second kappa shape index (κ2) is 3.96. The topological polar surface area (TPSA) is 58.8 Å². The molecule has 0 unspecified atom stereocenters. The van der Waals surface area contributed by atoms with Gasteiger partial charge in [-0.1, -0.05) is 0 Å². The van der Waals surface area contributed by atoms with Crippen molar-refractivity contribution in [1.29, 1.82) is 0 Å². The Bertz CT molecular complexity index is 454. The van der Waals surface area contributed by atoms with Gasteiger partial charge in [-0.05, 0) is 31.2 Å². The van der Waals surface area contributed by atoms with E-state index in [4.69, 9.17) is 10.5 Å². The van der Waals surface area contributed by atoms with Gasteiger partial charge in [0, 0.05) is 11.8 Å². The Labute approximate surface area is 87.7 Å². The molecule has 0 aliphatic heterocycles. The zero-order valence-electron chi connectivity index (χ0n) is 8.27. The van der Waals surface area contributed by atoms with Gasteiger partial charge in [0.15, 0.2) is 0 Å². The van der Waals surface area contributed by atoms with Crippen LogP contribution < -0.4 is 10.5 Å². The van der Waals surface area contributed by atoms with Crippen LogP contribution in [0.2, 0.25) is 0 Å². The third-order valence-corrected chi connectivity index (χ3v) is 1.86. The van der Waals surface area contributed by atoms with Crippen LogP contribution in [-0.4, -0.2) is 9.97 Å². The molecule has 15 heavy (non-hydrogen) atoms. The molecule has 1 heterocycles. The molecule has 0 amide bonds. The highest BCUT2D eigenvalue weighted by atomic mass is 16.5. The molecule has 0 bridgehead atoms. The standard InChI is InChI=1S/C11H10N3O/c1-8-6-11(14-7-13-8)15-10-4-2-9(12)3-5-10/h2-7,12H,1H3. The molecule has 0 saturated carbocycles. The van der Waals surface area contributed by atoms with Crippen molar-refractivity contribution < 1.29 is 4.74 Å². The van der Waals surface area contributed by atoms with Gasteiger partial charge in [0.05, 0.1) is 5.69 Å². The number of nitrogens with one attached hydrogen (secondary N) is 1. The quantitative estimate of drug-likeness (QED) is 0.748. The summed E-state index contributed by atoms with van der Waals surface area (Å²) >= 11 is 0. The minimum Gasteiger partial charge on any atom is -0.439 e. The monoisotopic (exact) mass is 200 g/mol. The second-order valence-electron chi connectivity index (χ2n) is 3.12. The zero-order valence-corrected chi connectivity index (χ0v) is 8.27. The molecule has 0 spiro atoms. The summed E-state index contributed by atoms with van der Waals surface area (Å²) in [6, 6.07) is 8.57. The Hall–Kier alpha value is -2.10. The number of hydrogen-bond acceptors (Lipinski definition) is 3. The average molecular weight is 200 g/mol. The molecular formula is C11H10N3O. The van der Waals surface area contributed by atoms with Gasteiger partial charge in [0.25, 0.3) is 0 Å². The smallest absolute Gasteiger partial charge is 0.222 e. The Balaban J connectivity index is 2.18. The van der Waals surface area contributed by atoms with E-state index >= 15 is 0 Å². The fourth-order valence-electron chi connectivity index (χ4n) is 1.13. The summed E-state index contributed by atoms with van der Waals surface area (Å²) in [6.45, 7) is 1.88. The van der Waals surface area contributed by atoms with Crippen molar-refractivity contribution in [3.05, 3.63) is 42.4 Å². The van der Waals surface area contributed by atoms with E-state index in [0.717, 1.165) is 5.69 Å². The highest BCUT2D eigenvalue weighted by Gasteiger charge is 1.98. The van der Waals surface area contributed by atoms with E-state index in [1.54, 1.807) is 30.3 Å². The van der Waals surface area contributed by atoms with Crippen molar-refractivity contribution in [2.24, 2.45) is 0 Å². The molecule has 4 heteroatoms. The summed E-state index contributed by atoms with van der Waals surface area (Å²) in [5, 5.41) is 0. The van der Waals surface area contributed by atoms with Crippen LogP contribution in [0.25, 0.3) is 0 Å². The fraction of sp³-hybridized carbons (Fsp3) is 0.0909. The van der Waals surface area contributed by atoms with Crippen molar-refractivity contribution in [3.8, 4) is 11.6 Å². The molecule has 1 aromatic carbocycles. The molecule has 0 fully saturated rings. The number of nitrogens with zero attached hydrogens (tertiary/aromatic N) is 2. The largest absolute Gasteiger partial charge is 0.439 e. The fourth-order valence-corrected chi connectivity index (χ4v) is 1.13. The first kappa shape index (κ1) is 9.45. The average Bonchev–Trinajstić information content (AvgIpc) is 2.22. The number of hydrogen-bond donors (Lipinski definition) is 0. The van der Waals surface area contributed by atoms with Gasteiger partial charge in [-0.15, -0.1) is 0 Å². The van der Waals surface area contributed by atoms with Crippen molar-refractivity contribution in [2.75, 3.05) is 0 Å². The number of rotatable bonds is 2. The van der Waals surface area contributed by atoms with Gasteiger partial charge in [-0.2, -0.15) is 0 Å². The molecular weight excluding hydrogens is 190 g/mol. The lowest BCUT2D eigenvalue weighted by Gasteiger charge is -2.04. The lowest BCUT2D eigenvalue weighted by molar-refractivity contribution is 0.461. The Morgan fingerprint density at radius 3 is 2.53 bits per heavy atom. The van der Waals surface area contributed by atoms with E-state index in [9.17, 15) is 0 Å². The normalized spacial score (nSPS) is 9.93. The van der Waals surface area contributed by atoms with Crippen LogP contribution in [-0.2, 0) is 0 Å². The van der Waals surface area contributed by atoms with E-state index in [0.29, 0.717) is 17.3 Å². The lowest BCUT2D eigenvalue weighted by Crippen LogP contribution is -1.90. The van der Waals surface area contributed by atoms with E-state index in [-0.39, 0.29) is 0 Å². The predicted octanol–water partition coefficient (Wildman–Crippen LogP) is 2.49. The molecule has 0 aliphatic rings. The molecule has 1 radical (unpaired) electrons. The third-order valence-electron chi connectivity index (χ3n) is 1.86. The minimum atomic E-state index is 0.459. The first-order valence-electron chi connectivity index (χ1n) is 4.52. The first-order valence-corrected chi connectivity index (χ1v) is 4.52. The summed E-state index contributed by atoms with van der Waals surface area (Å²) in [5.41, 5.74) is 8.64. The van der Waals surface area contributed by atoms with Crippen LogP contribution in [0.5, 0.6) is 11.6 Å². The summed E-state index contributed by atoms with van der Waals surface area (Å²) < 4.78 is 5.48. The lowest BCUT2D eigenvalue weighted by atomic mass is 10.3. The number of benzene rings is 1. The van der Waals surface area contributed by atoms with Gasteiger partial charge >= 0.3 is 0 Å². The van der Waals surface area contributed by atoms with Crippen LogP contribution in [0.3, 0.4) is 0 Å². The van der Waals surface area contributed by atoms with Gasteiger partial charge in [-0.3, -0.25) is 0 Å². The van der Waals surface area contributed by atoms with Gasteiger partial charge in [0.2, 0.25) is 5.88 Å². The Morgan fingerprint density at radius 2 is 1.87 bits per heavy atom. The molecule has 1 aromatic heterocycles. The molecule has 0 atom stereocenters. The maximum absolute atomic E-state index is 7.32. The van der Waals surface area contributed by atoms with Gasteiger partial charge < -0.3 is 10.5 Å². The SMILES string of the molecule is Cc1cc(Oc2ccc([NH])cc2)ncn1. The molecule has 4 nitrogen and oxygen atoms in total. The summed E-state index contributed by atoms with van der Waals surface area (Å²) in [7, 11) is 0. The maximum Gasteiger partial charge on any atom is 0.222 e. The Kier molecular flexibility index (Phi) is 2.49. The summed E-state index contributed by atoms with van der Waals surface area (Å²) in [4.78, 5) is 7.95. The summed E-state index contributed by atoms with van der Waals surface area (Å²) in [6.07, 6.45) is 1.46. The molecule has 0 aliphatic carbocycles. The van der Waals surface area contributed by atoms with Crippen molar-refractivity contribution in [1.82, 2.24) is 15.7 Å². The van der Waals surface area contributed by atoms with Crippen molar-refractivity contribution >= 4 is 5.69 Å². The summed E-state index contributed by atoms with van der Waals surface area (Å²) in [5.74, 6) is 1.18. The first-order chi connectivity index (χ1) is 7.24. The van der Waals surface area contributed by atoms with Crippen LogP contribution >= 0.6 is 0 Å².